The summed E-state index contributed by atoms with van der Waals surface area (Å²) in [6.07, 6.45) is 1.48. The number of esters is 1. The van der Waals surface area contributed by atoms with Crippen LogP contribution in [-0.4, -0.2) is 67.2 Å². The Morgan fingerprint density at radius 2 is 2.19 bits per heavy atom. The predicted molar refractivity (Wildman–Crippen MR) is 73.5 cm³/mol. The Kier molecular flexibility index (Phi) is 5.41. The molecule has 0 aromatic heterocycles. The van der Waals surface area contributed by atoms with Crippen molar-refractivity contribution in [2.75, 3.05) is 39.4 Å². The average molecular weight is 298 g/mol. The molecule has 118 valence electrons. The Morgan fingerprint density at radius 3 is 2.86 bits per heavy atom. The van der Waals surface area contributed by atoms with Gasteiger partial charge in [0.25, 0.3) is 0 Å². The van der Waals surface area contributed by atoms with Crippen LogP contribution in [0.3, 0.4) is 0 Å². The lowest BCUT2D eigenvalue weighted by atomic mass is 9.98. The smallest absolute Gasteiger partial charge is 0.409 e. The lowest BCUT2D eigenvalue weighted by Gasteiger charge is -2.31. The molecular formula is C14H22N2O5. The van der Waals surface area contributed by atoms with Crippen LogP contribution >= 0.6 is 0 Å². The molecule has 21 heavy (non-hydrogen) atoms. The van der Waals surface area contributed by atoms with Gasteiger partial charge in [0, 0.05) is 26.1 Å². The molecule has 1 atom stereocenters. The van der Waals surface area contributed by atoms with Crippen LogP contribution < -0.4 is 0 Å². The van der Waals surface area contributed by atoms with E-state index in [1.807, 2.05) is 0 Å². The van der Waals surface area contributed by atoms with E-state index in [-0.39, 0.29) is 30.3 Å². The number of nitrogens with zero attached hydrogens (tertiary/aromatic N) is 2. The zero-order valence-electron chi connectivity index (χ0n) is 12.4. The summed E-state index contributed by atoms with van der Waals surface area (Å²) in [5.74, 6) is -0.471. The summed E-state index contributed by atoms with van der Waals surface area (Å²) in [5, 5.41) is 0. The molecule has 2 heterocycles. The number of hydrogen-bond donors (Lipinski definition) is 0. The standard InChI is InChI=1S/C14H22N2O5/c1-2-20-13(18)11-4-3-6-16(10-11)12(17)5-7-15-8-9-21-14(15)19/h11H,2-10H2,1H3. The number of amides is 2. The molecule has 2 aliphatic rings. The minimum absolute atomic E-state index is 0.0244. The molecule has 2 aliphatic heterocycles. The van der Waals surface area contributed by atoms with Crippen molar-refractivity contribution in [3.8, 4) is 0 Å². The third-order valence-electron chi connectivity index (χ3n) is 3.83. The van der Waals surface area contributed by atoms with Crippen LogP contribution in [0.15, 0.2) is 0 Å². The van der Waals surface area contributed by atoms with Crippen molar-refractivity contribution in [3.63, 3.8) is 0 Å². The van der Waals surface area contributed by atoms with Gasteiger partial charge in [0.2, 0.25) is 5.91 Å². The number of cyclic esters (lactones) is 1. The summed E-state index contributed by atoms with van der Waals surface area (Å²) >= 11 is 0. The summed E-state index contributed by atoms with van der Waals surface area (Å²) in [6, 6.07) is 0. The van der Waals surface area contributed by atoms with Crippen molar-refractivity contribution in [1.29, 1.82) is 0 Å². The first-order valence-corrected chi connectivity index (χ1v) is 7.48. The van der Waals surface area contributed by atoms with E-state index in [4.69, 9.17) is 9.47 Å². The van der Waals surface area contributed by atoms with E-state index < -0.39 is 0 Å². The molecule has 0 bridgehead atoms. The summed E-state index contributed by atoms with van der Waals surface area (Å²) < 4.78 is 9.84. The number of piperidine rings is 1. The van der Waals surface area contributed by atoms with E-state index in [9.17, 15) is 14.4 Å². The Bertz CT molecular complexity index is 412. The van der Waals surface area contributed by atoms with E-state index in [0.29, 0.717) is 39.4 Å². The first-order chi connectivity index (χ1) is 10.1. The van der Waals surface area contributed by atoms with Crippen molar-refractivity contribution in [2.24, 2.45) is 5.92 Å². The van der Waals surface area contributed by atoms with Crippen molar-refractivity contribution < 1.29 is 23.9 Å². The summed E-state index contributed by atoms with van der Waals surface area (Å²) in [5.41, 5.74) is 0. The SMILES string of the molecule is CCOC(=O)C1CCCN(C(=O)CCN2CCOC2=O)C1. The molecule has 0 saturated carbocycles. The molecule has 7 heteroatoms. The zero-order chi connectivity index (χ0) is 15.2. The van der Waals surface area contributed by atoms with Crippen LogP contribution in [0.5, 0.6) is 0 Å². The number of likely N-dealkylation sites (tertiary alicyclic amines) is 1. The molecular weight excluding hydrogens is 276 g/mol. The van der Waals surface area contributed by atoms with E-state index in [1.54, 1.807) is 11.8 Å². The lowest BCUT2D eigenvalue weighted by molar-refractivity contribution is -0.151. The molecule has 2 saturated heterocycles. The second-order valence-corrected chi connectivity index (χ2v) is 5.28. The molecule has 2 fully saturated rings. The molecule has 1 unspecified atom stereocenters. The number of rotatable bonds is 5. The molecule has 2 amide bonds. The van der Waals surface area contributed by atoms with Gasteiger partial charge < -0.3 is 19.3 Å². The van der Waals surface area contributed by atoms with E-state index in [2.05, 4.69) is 0 Å². The molecule has 7 nitrogen and oxygen atoms in total. The number of ether oxygens (including phenoxy) is 2. The first kappa shape index (κ1) is 15.6. The Labute approximate surface area is 124 Å². The summed E-state index contributed by atoms with van der Waals surface area (Å²) in [4.78, 5) is 38.5. The van der Waals surface area contributed by atoms with Crippen LogP contribution in [0.4, 0.5) is 4.79 Å². The van der Waals surface area contributed by atoms with Gasteiger partial charge >= 0.3 is 12.1 Å². The van der Waals surface area contributed by atoms with Gasteiger partial charge in [-0.1, -0.05) is 0 Å². The maximum absolute atomic E-state index is 12.2. The van der Waals surface area contributed by atoms with Gasteiger partial charge in [-0.15, -0.1) is 0 Å². The largest absolute Gasteiger partial charge is 0.466 e. The fourth-order valence-electron chi connectivity index (χ4n) is 2.67. The monoisotopic (exact) mass is 298 g/mol. The lowest BCUT2D eigenvalue weighted by Crippen LogP contribution is -2.43. The number of carbonyl (C=O) groups is 3. The molecule has 2 rings (SSSR count). The van der Waals surface area contributed by atoms with Crippen molar-refractivity contribution in [2.45, 2.75) is 26.2 Å². The zero-order valence-corrected chi connectivity index (χ0v) is 12.4. The normalized spacial score (nSPS) is 22.1. The molecule has 0 aromatic rings. The topological polar surface area (TPSA) is 76.2 Å². The second kappa shape index (κ2) is 7.28. The van der Waals surface area contributed by atoms with Crippen LogP contribution in [0.25, 0.3) is 0 Å². The number of hydrogen-bond acceptors (Lipinski definition) is 5. The van der Waals surface area contributed by atoms with Gasteiger partial charge in [-0.05, 0) is 19.8 Å². The minimum Gasteiger partial charge on any atom is -0.466 e. The highest BCUT2D eigenvalue weighted by Gasteiger charge is 2.30. The molecule has 0 N–H and O–H groups in total. The highest BCUT2D eigenvalue weighted by atomic mass is 16.6. The highest BCUT2D eigenvalue weighted by Crippen LogP contribution is 2.19. The van der Waals surface area contributed by atoms with Crippen molar-refractivity contribution in [3.05, 3.63) is 0 Å². The van der Waals surface area contributed by atoms with E-state index in [0.717, 1.165) is 12.8 Å². The maximum atomic E-state index is 12.2. The fraction of sp³-hybridized carbons (Fsp3) is 0.786. The van der Waals surface area contributed by atoms with Gasteiger partial charge in [0.05, 0.1) is 19.1 Å². The van der Waals surface area contributed by atoms with E-state index in [1.165, 1.54) is 4.90 Å². The van der Waals surface area contributed by atoms with Gasteiger partial charge in [-0.25, -0.2) is 4.79 Å². The fourth-order valence-corrected chi connectivity index (χ4v) is 2.67. The highest BCUT2D eigenvalue weighted by molar-refractivity contribution is 5.79. The van der Waals surface area contributed by atoms with Crippen LogP contribution in [0.1, 0.15) is 26.2 Å². The van der Waals surface area contributed by atoms with Gasteiger partial charge in [0.15, 0.2) is 0 Å². The molecule has 0 radical (unpaired) electrons. The van der Waals surface area contributed by atoms with Crippen molar-refractivity contribution in [1.82, 2.24) is 9.80 Å². The van der Waals surface area contributed by atoms with Gasteiger partial charge in [0.1, 0.15) is 6.61 Å². The maximum Gasteiger partial charge on any atom is 0.409 e. The van der Waals surface area contributed by atoms with Crippen LogP contribution in [-0.2, 0) is 19.1 Å². The third kappa shape index (κ3) is 4.09. The second-order valence-electron chi connectivity index (χ2n) is 5.28. The molecule has 0 aliphatic carbocycles. The average Bonchev–Trinajstić information content (AvgIpc) is 2.90. The Hall–Kier alpha value is -1.79. The van der Waals surface area contributed by atoms with Gasteiger partial charge in [-0.2, -0.15) is 0 Å². The van der Waals surface area contributed by atoms with Crippen LogP contribution in [0, 0.1) is 5.92 Å². The summed E-state index contributed by atoms with van der Waals surface area (Å²) in [7, 11) is 0. The quantitative estimate of drug-likeness (QED) is 0.696. The number of carbonyl (C=O) groups excluding carboxylic acids is 3. The molecule has 0 spiro atoms. The molecule has 0 aromatic carbocycles. The van der Waals surface area contributed by atoms with E-state index >= 15 is 0 Å². The predicted octanol–water partition coefficient (Wildman–Crippen LogP) is 0.630. The van der Waals surface area contributed by atoms with Crippen LogP contribution in [0.2, 0.25) is 0 Å². The Balaban J connectivity index is 1.78. The summed E-state index contributed by atoms with van der Waals surface area (Å²) in [6.45, 7) is 4.53. The minimum atomic E-state index is -0.356. The third-order valence-corrected chi connectivity index (χ3v) is 3.83. The Morgan fingerprint density at radius 1 is 1.38 bits per heavy atom. The van der Waals surface area contributed by atoms with Crippen molar-refractivity contribution >= 4 is 18.0 Å². The first-order valence-electron chi connectivity index (χ1n) is 7.48. The van der Waals surface area contributed by atoms with Gasteiger partial charge in [-0.3, -0.25) is 9.59 Å².